The van der Waals surface area contributed by atoms with Gasteiger partial charge in [-0.05, 0) is 24.1 Å². The van der Waals surface area contributed by atoms with Gasteiger partial charge in [0.1, 0.15) is 5.75 Å². The van der Waals surface area contributed by atoms with E-state index in [2.05, 4.69) is 62.4 Å². The highest BCUT2D eigenvalue weighted by Crippen LogP contribution is 2.85. The molecule has 0 radical (unpaired) electrons. The molecular weight excluding hydrogens is 375 g/mol. The number of fused-ring (bicyclic) bond motifs is 2. The Morgan fingerprint density at radius 3 is 2.15 bits per heavy atom. The molecule has 1 saturated carbocycles. The summed E-state index contributed by atoms with van der Waals surface area (Å²) in [7, 11) is 0. The third-order valence-corrected chi connectivity index (χ3v) is 7.74. The van der Waals surface area contributed by atoms with E-state index in [1.807, 2.05) is 30.3 Å². The molecule has 0 aromatic heterocycles. The van der Waals surface area contributed by atoms with Gasteiger partial charge in [0, 0.05) is 11.5 Å². The van der Waals surface area contributed by atoms with Crippen LogP contribution in [0.25, 0.3) is 0 Å². The van der Waals surface area contributed by atoms with Gasteiger partial charge in [0.25, 0.3) is 0 Å². The zero-order valence-corrected chi connectivity index (χ0v) is 16.8. The highest BCUT2D eigenvalue weighted by molar-refractivity contribution is 6.53. The molecule has 2 aliphatic rings. The molecule has 1 nitrogen and oxygen atoms in total. The smallest absolute Gasteiger partial charge is 0.177 e. The summed E-state index contributed by atoms with van der Waals surface area (Å²) in [5.41, 5.74) is 3.32. The maximum atomic E-state index is 7.05. The summed E-state index contributed by atoms with van der Waals surface area (Å²) in [5, 5.41) is 0. The van der Waals surface area contributed by atoms with E-state index < -0.39 is 15.3 Å². The molecular formula is C24H20Cl2O. The van der Waals surface area contributed by atoms with Gasteiger partial charge in [0.15, 0.2) is 9.93 Å². The van der Waals surface area contributed by atoms with Crippen molar-refractivity contribution >= 4 is 23.2 Å². The SMILES string of the molecule is Cc1ccc([C@@H]2c3ccccc3O[C@]3(c4ccccc4)C(Cl)(Cl)[C@@]23C)cc1. The van der Waals surface area contributed by atoms with Crippen molar-refractivity contribution in [2.24, 2.45) is 5.41 Å². The molecule has 0 bridgehead atoms. The van der Waals surface area contributed by atoms with Crippen LogP contribution in [0, 0.1) is 12.3 Å². The van der Waals surface area contributed by atoms with Crippen LogP contribution in [0.4, 0.5) is 0 Å². The van der Waals surface area contributed by atoms with Crippen LogP contribution < -0.4 is 4.74 Å². The first-order valence-electron chi connectivity index (χ1n) is 9.21. The Bertz CT molecular complexity index is 1010. The average Bonchev–Trinajstić information content (AvgIpc) is 3.09. The van der Waals surface area contributed by atoms with Gasteiger partial charge in [0.2, 0.25) is 0 Å². The van der Waals surface area contributed by atoms with E-state index in [1.165, 1.54) is 11.1 Å². The summed E-state index contributed by atoms with van der Waals surface area (Å²) < 4.78 is 5.56. The van der Waals surface area contributed by atoms with E-state index in [9.17, 15) is 0 Å². The standard InChI is InChI=1S/C24H20Cl2O/c1-16-12-14-17(15-13-16)21-19-10-6-7-11-20(19)27-23(18-8-4-3-5-9-18)22(21,2)24(23,25)26/h3-15,21H,1-2H3/t21-,22+,23+/m1/s1. The first-order chi connectivity index (χ1) is 12.9. The van der Waals surface area contributed by atoms with Gasteiger partial charge in [-0.15, -0.1) is 0 Å². The van der Waals surface area contributed by atoms with Gasteiger partial charge in [0.05, 0.1) is 5.41 Å². The first-order valence-corrected chi connectivity index (χ1v) is 9.97. The molecule has 5 rings (SSSR count). The Kier molecular flexibility index (Phi) is 3.51. The largest absolute Gasteiger partial charge is 0.478 e. The first kappa shape index (κ1) is 17.2. The van der Waals surface area contributed by atoms with E-state index in [-0.39, 0.29) is 5.92 Å². The van der Waals surface area contributed by atoms with E-state index in [0.717, 1.165) is 16.9 Å². The van der Waals surface area contributed by atoms with Crippen LogP contribution in [0.15, 0.2) is 78.9 Å². The molecule has 3 heteroatoms. The summed E-state index contributed by atoms with van der Waals surface area (Å²) >= 11 is 14.1. The number of alkyl halides is 2. The number of aryl methyl sites for hydroxylation is 1. The molecule has 3 aromatic rings. The van der Waals surface area contributed by atoms with Crippen LogP contribution >= 0.6 is 23.2 Å². The van der Waals surface area contributed by atoms with Gasteiger partial charge in [-0.25, -0.2) is 0 Å². The van der Waals surface area contributed by atoms with Crippen molar-refractivity contribution in [2.45, 2.75) is 29.7 Å². The van der Waals surface area contributed by atoms with E-state index in [0.29, 0.717) is 0 Å². The fraction of sp³-hybridized carbons (Fsp3) is 0.250. The molecule has 3 atom stereocenters. The third kappa shape index (κ3) is 1.97. The molecule has 0 amide bonds. The second-order valence-electron chi connectivity index (χ2n) is 7.81. The number of rotatable bonds is 2. The van der Waals surface area contributed by atoms with Gasteiger partial charge in [-0.2, -0.15) is 0 Å². The topological polar surface area (TPSA) is 9.23 Å². The van der Waals surface area contributed by atoms with Crippen LogP contribution in [0.5, 0.6) is 5.75 Å². The second kappa shape index (κ2) is 5.53. The minimum Gasteiger partial charge on any atom is -0.478 e. The van der Waals surface area contributed by atoms with Crippen molar-refractivity contribution in [3.05, 3.63) is 101 Å². The van der Waals surface area contributed by atoms with Gasteiger partial charge < -0.3 is 4.74 Å². The summed E-state index contributed by atoms with van der Waals surface area (Å²) in [6.07, 6.45) is 0. The van der Waals surface area contributed by atoms with Crippen LogP contribution in [-0.4, -0.2) is 4.33 Å². The number of ether oxygens (including phenoxy) is 1. The molecule has 0 N–H and O–H groups in total. The molecule has 27 heavy (non-hydrogen) atoms. The molecule has 1 heterocycles. The summed E-state index contributed by atoms with van der Waals surface area (Å²) in [5.74, 6) is 0.894. The van der Waals surface area contributed by atoms with Crippen molar-refractivity contribution in [1.82, 2.24) is 0 Å². The minimum atomic E-state index is -1.05. The van der Waals surface area contributed by atoms with E-state index >= 15 is 0 Å². The maximum Gasteiger partial charge on any atom is 0.177 e. The fourth-order valence-corrected chi connectivity index (χ4v) is 6.02. The molecule has 3 aromatic carbocycles. The lowest BCUT2D eigenvalue weighted by atomic mass is 9.74. The lowest BCUT2D eigenvalue weighted by Gasteiger charge is -2.36. The Balaban J connectivity index is 1.79. The summed E-state index contributed by atoms with van der Waals surface area (Å²) in [6.45, 7) is 4.25. The van der Waals surface area contributed by atoms with Crippen LogP contribution in [-0.2, 0) is 5.60 Å². The molecule has 136 valence electrons. The van der Waals surface area contributed by atoms with Crippen molar-refractivity contribution in [3.8, 4) is 5.75 Å². The number of halogens is 2. The number of benzene rings is 3. The number of hydrogen-bond acceptors (Lipinski definition) is 1. The van der Waals surface area contributed by atoms with Crippen molar-refractivity contribution in [1.29, 1.82) is 0 Å². The van der Waals surface area contributed by atoms with Crippen LogP contribution in [0.3, 0.4) is 0 Å². The van der Waals surface area contributed by atoms with Crippen LogP contribution in [0.2, 0.25) is 0 Å². The molecule has 0 unspecified atom stereocenters. The molecule has 1 aliphatic heterocycles. The van der Waals surface area contributed by atoms with Gasteiger partial charge in [-0.3, -0.25) is 0 Å². The molecule has 1 fully saturated rings. The number of para-hydroxylation sites is 1. The molecule has 0 spiro atoms. The van der Waals surface area contributed by atoms with Gasteiger partial charge >= 0.3 is 0 Å². The van der Waals surface area contributed by atoms with Crippen molar-refractivity contribution in [3.63, 3.8) is 0 Å². The quantitative estimate of drug-likeness (QED) is 0.444. The fourth-order valence-electron chi connectivity index (χ4n) is 4.94. The zero-order chi connectivity index (χ0) is 18.9. The predicted octanol–water partition coefficient (Wildman–Crippen LogP) is 6.61. The number of hydrogen-bond donors (Lipinski definition) is 0. The second-order valence-corrected chi connectivity index (χ2v) is 9.13. The average molecular weight is 395 g/mol. The highest BCUT2D eigenvalue weighted by Gasteiger charge is 2.91. The van der Waals surface area contributed by atoms with Gasteiger partial charge in [-0.1, -0.05) is 108 Å². The monoisotopic (exact) mass is 394 g/mol. The summed E-state index contributed by atoms with van der Waals surface area (Å²) in [4.78, 5) is 0. The Hall–Kier alpha value is -1.96. The summed E-state index contributed by atoms with van der Waals surface area (Å²) in [6, 6.07) is 27.0. The molecule has 0 saturated heterocycles. The highest BCUT2D eigenvalue weighted by atomic mass is 35.5. The normalized spacial score (nSPS) is 30.0. The van der Waals surface area contributed by atoms with Crippen LogP contribution in [0.1, 0.15) is 35.1 Å². The van der Waals surface area contributed by atoms with Crippen molar-refractivity contribution in [2.75, 3.05) is 0 Å². The molecule has 1 aliphatic carbocycles. The van der Waals surface area contributed by atoms with Crippen molar-refractivity contribution < 1.29 is 4.74 Å². The lowest BCUT2D eigenvalue weighted by Crippen LogP contribution is -2.33. The van der Waals surface area contributed by atoms with E-state index in [4.69, 9.17) is 27.9 Å². The zero-order valence-electron chi connectivity index (χ0n) is 15.2. The minimum absolute atomic E-state index is 0.0401. The Morgan fingerprint density at radius 1 is 0.815 bits per heavy atom. The maximum absolute atomic E-state index is 7.05. The Morgan fingerprint density at radius 2 is 1.44 bits per heavy atom. The Labute approximate surface area is 169 Å². The lowest BCUT2D eigenvalue weighted by molar-refractivity contribution is 0.102. The van der Waals surface area contributed by atoms with E-state index in [1.54, 1.807) is 0 Å². The predicted molar refractivity (Wildman–Crippen MR) is 111 cm³/mol. The third-order valence-electron chi connectivity index (χ3n) is 6.42.